The number of nitro groups is 1. The second-order valence-corrected chi connectivity index (χ2v) is 5.25. The van der Waals surface area contributed by atoms with Crippen LogP contribution in [0.5, 0.6) is 5.75 Å². The molecule has 2 aromatic carbocycles. The second-order valence-electron chi connectivity index (χ2n) is 4.40. The zero-order valence-corrected chi connectivity index (χ0v) is 13.6. The topological polar surface area (TPSA) is 93.8 Å². The molecule has 0 radical (unpaired) electrons. The molecule has 0 aliphatic carbocycles. The molecular formula is C15H12BrN3O4. The number of hydrogen-bond donors (Lipinski definition) is 1. The molecule has 0 spiro atoms. The van der Waals surface area contributed by atoms with E-state index in [4.69, 9.17) is 4.74 Å². The molecule has 8 heteroatoms. The lowest BCUT2D eigenvalue weighted by Gasteiger charge is -2.03. The lowest BCUT2D eigenvalue weighted by atomic mass is 10.2. The number of nitrogens with one attached hydrogen (secondary N) is 1. The van der Waals surface area contributed by atoms with E-state index in [0.29, 0.717) is 5.75 Å². The molecule has 0 saturated heterocycles. The van der Waals surface area contributed by atoms with E-state index in [0.717, 1.165) is 10.0 Å². The summed E-state index contributed by atoms with van der Waals surface area (Å²) in [5.41, 5.74) is 3.08. The normalized spacial score (nSPS) is 10.5. The standard InChI is InChI=1S/C15H12BrN3O4/c1-23-14-6-5-10(7-13(14)16)9-17-18-15(20)11-3-2-4-12(8-11)19(21)22/h2-9H,1H3,(H,18,20)/b17-9+. The van der Waals surface area contributed by atoms with Gasteiger partial charge in [-0.25, -0.2) is 5.43 Å². The third kappa shape index (κ3) is 4.36. The van der Waals surface area contributed by atoms with Crippen LogP contribution >= 0.6 is 15.9 Å². The second kappa shape index (κ2) is 7.50. The Morgan fingerprint density at radius 3 is 2.78 bits per heavy atom. The Bertz CT molecular complexity index is 777. The Morgan fingerprint density at radius 2 is 2.13 bits per heavy atom. The van der Waals surface area contributed by atoms with Crippen molar-refractivity contribution in [3.05, 3.63) is 68.2 Å². The van der Waals surface area contributed by atoms with E-state index in [2.05, 4.69) is 26.5 Å². The molecule has 2 rings (SSSR count). The van der Waals surface area contributed by atoms with Crippen LogP contribution in [0.25, 0.3) is 0 Å². The summed E-state index contributed by atoms with van der Waals surface area (Å²) >= 11 is 3.35. The summed E-state index contributed by atoms with van der Waals surface area (Å²) in [7, 11) is 1.56. The predicted octanol–water partition coefficient (Wildman–Crippen LogP) is 3.13. The summed E-state index contributed by atoms with van der Waals surface area (Å²) in [5, 5.41) is 14.5. The number of nitrogens with zero attached hydrogens (tertiary/aromatic N) is 2. The summed E-state index contributed by atoms with van der Waals surface area (Å²) in [6.45, 7) is 0. The van der Waals surface area contributed by atoms with Gasteiger partial charge in [0.25, 0.3) is 11.6 Å². The first-order valence-electron chi connectivity index (χ1n) is 6.42. The maximum atomic E-state index is 11.9. The van der Waals surface area contributed by atoms with Gasteiger partial charge in [-0.3, -0.25) is 14.9 Å². The average molecular weight is 378 g/mol. The number of hydrogen-bond acceptors (Lipinski definition) is 5. The number of hydrazone groups is 1. The fraction of sp³-hybridized carbons (Fsp3) is 0.0667. The van der Waals surface area contributed by atoms with Crippen molar-refractivity contribution in [2.75, 3.05) is 7.11 Å². The number of carbonyl (C=O) groups excluding carboxylic acids is 1. The highest BCUT2D eigenvalue weighted by molar-refractivity contribution is 9.10. The first-order chi connectivity index (χ1) is 11.0. The van der Waals surface area contributed by atoms with Crippen LogP contribution in [0.15, 0.2) is 52.0 Å². The Labute approximate surface area is 140 Å². The molecule has 0 saturated carbocycles. The summed E-state index contributed by atoms with van der Waals surface area (Å²) in [4.78, 5) is 22.0. The molecule has 0 fully saturated rings. The zero-order valence-electron chi connectivity index (χ0n) is 12.0. The number of methoxy groups -OCH3 is 1. The van der Waals surface area contributed by atoms with Crippen LogP contribution in [0.1, 0.15) is 15.9 Å². The molecule has 0 unspecified atom stereocenters. The molecule has 0 bridgehead atoms. The lowest BCUT2D eigenvalue weighted by Crippen LogP contribution is -2.17. The van der Waals surface area contributed by atoms with Crippen molar-refractivity contribution in [2.45, 2.75) is 0 Å². The number of non-ortho nitro benzene ring substituents is 1. The van der Waals surface area contributed by atoms with Crippen molar-refractivity contribution < 1.29 is 14.5 Å². The number of halogens is 1. The first kappa shape index (κ1) is 16.6. The molecule has 1 N–H and O–H groups in total. The van der Waals surface area contributed by atoms with Crippen molar-refractivity contribution in [3.8, 4) is 5.75 Å². The molecule has 0 aliphatic heterocycles. The van der Waals surface area contributed by atoms with Crippen LogP contribution in [-0.2, 0) is 0 Å². The van der Waals surface area contributed by atoms with Crippen LogP contribution in [0.4, 0.5) is 5.69 Å². The van der Waals surface area contributed by atoms with Gasteiger partial charge in [0.05, 0.1) is 22.7 Å². The van der Waals surface area contributed by atoms with Crippen molar-refractivity contribution >= 4 is 33.7 Å². The molecule has 0 heterocycles. The molecule has 23 heavy (non-hydrogen) atoms. The van der Waals surface area contributed by atoms with Gasteiger partial charge < -0.3 is 4.74 Å². The van der Waals surface area contributed by atoms with E-state index in [1.165, 1.54) is 30.5 Å². The zero-order chi connectivity index (χ0) is 16.8. The van der Waals surface area contributed by atoms with Gasteiger partial charge in [0.15, 0.2) is 0 Å². The van der Waals surface area contributed by atoms with Gasteiger partial charge in [0.2, 0.25) is 0 Å². The van der Waals surface area contributed by atoms with Gasteiger partial charge >= 0.3 is 0 Å². The number of amides is 1. The van der Waals surface area contributed by atoms with E-state index >= 15 is 0 Å². The smallest absolute Gasteiger partial charge is 0.271 e. The van der Waals surface area contributed by atoms with Crippen molar-refractivity contribution in [1.82, 2.24) is 5.43 Å². The fourth-order valence-electron chi connectivity index (χ4n) is 1.75. The molecule has 118 valence electrons. The highest BCUT2D eigenvalue weighted by Gasteiger charge is 2.10. The Morgan fingerprint density at radius 1 is 1.35 bits per heavy atom. The van der Waals surface area contributed by atoms with Gasteiger partial charge in [-0.1, -0.05) is 6.07 Å². The maximum absolute atomic E-state index is 11.9. The minimum absolute atomic E-state index is 0.152. The number of ether oxygens (including phenoxy) is 1. The van der Waals surface area contributed by atoms with Gasteiger partial charge in [-0.2, -0.15) is 5.10 Å². The third-order valence-corrected chi connectivity index (χ3v) is 3.49. The van der Waals surface area contributed by atoms with Crippen molar-refractivity contribution in [1.29, 1.82) is 0 Å². The molecule has 0 aromatic heterocycles. The van der Waals surface area contributed by atoms with E-state index in [9.17, 15) is 14.9 Å². The Balaban J connectivity index is 2.05. The van der Waals surface area contributed by atoms with Crippen LogP contribution in [0.3, 0.4) is 0 Å². The summed E-state index contributed by atoms with van der Waals surface area (Å²) in [5.74, 6) is 0.153. The van der Waals surface area contributed by atoms with Crippen LogP contribution in [0, 0.1) is 10.1 Å². The summed E-state index contributed by atoms with van der Waals surface area (Å²) < 4.78 is 5.87. The van der Waals surface area contributed by atoms with Gasteiger partial charge in [0, 0.05) is 17.7 Å². The molecule has 7 nitrogen and oxygen atoms in total. The fourth-order valence-corrected chi connectivity index (χ4v) is 2.31. The van der Waals surface area contributed by atoms with Gasteiger partial charge in [-0.05, 0) is 45.8 Å². The molecular weight excluding hydrogens is 366 g/mol. The van der Waals surface area contributed by atoms with Crippen molar-refractivity contribution in [2.24, 2.45) is 5.10 Å². The highest BCUT2D eigenvalue weighted by Crippen LogP contribution is 2.24. The van der Waals surface area contributed by atoms with Gasteiger partial charge in [-0.15, -0.1) is 0 Å². The summed E-state index contributed by atoms with van der Waals surface area (Å²) in [6.07, 6.45) is 1.46. The number of carbonyl (C=O) groups is 1. The summed E-state index contributed by atoms with van der Waals surface area (Å²) in [6, 6.07) is 10.7. The van der Waals surface area contributed by atoms with E-state index < -0.39 is 10.8 Å². The monoisotopic (exact) mass is 377 g/mol. The minimum Gasteiger partial charge on any atom is -0.496 e. The number of rotatable bonds is 5. The van der Waals surface area contributed by atoms with E-state index in [-0.39, 0.29) is 11.3 Å². The Hall–Kier alpha value is -2.74. The Kier molecular flexibility index (Phi) is 5.42. The van der Waals surface area contributed by atoms with Crippen LogP contribution < -0.4 is 10.2 Å². The predicted molar refractivity (Wildman–Crippen MR) is 88.9 cm³/mol. The first-order valence-corrected chi connectivity index (χ1v) is 7.22. The number of benzene rings is 2. The molecule has 0 atom stereocenters. The molecule has 0 aliphatic rings. The minimum atomic E-state index is -0.561. The third-order valence-electron chi connectivity index (χ3n) is 2.87. The quantitative estimate of drug-likeness (QED) is 0.491. The number of nitro benzene ring substituents is 1. The largest absolute Gasteiger partial charge is 0.496 e. The van der Waals surface area contributed by atoms with Gasteiger partial charge in [0.1, 0.15) is 5.75 Å². The lowest BCUT2D eigenvalue weighted by molar-refractivity contribution is -0.384. The SMILES string of the molecule is COc1ccc(/C=N/NC(=O)c2cccc([N+](=O)[O-])c2)cc1Br. The highest BCUT2D eigenvalue weighted by atomic mass is 79.9. The van der Waals surface area contributed by atoms with E-state index in [1.54, 1.807) is 25.3 Å². The molecule has 1 amide bonds. The van der Waals surface area contributed by atoms with E-state index in [1.807, 2.05) is 0 Å². The average Bonchev–Trinajstić information content (AvgIpc) is 2.55. The van der Waals surface area contributed by atoms with Crippen molar-refractivity contribution in [3.63, 3.8) is 0 Å². The molecule has 2 aromatic rings. The van der Waals surface area contributed by atoms with Crippen LogP contribution in [0.2, 0.25) is 0 Å². The maximum Gasteiger partial charge on any atom is 0.271 e. The van der Waals surface area contributed by atoms with Crippen LogP contribution in [-0.4, -0.2) is 24.2 Å².